The molecule has 1 heterocycles. The maximum atomic E-state index is 13.0. The van der Waals surface area contributed by atoms with E-state index in [0.717, 1.165) is 10.7 Å². The zero-order valence-electron chi connectivity index (χ0n) is 15.9. The van der Waals surface area contributed by atoms with Gasteiger partial charge in [0.25, 0.3) is 15.9 Å². The van der Waals surface area contributed by atoms with Gasteiger partial charge in [-0.1, -0.05) is 43.7 Å². The minimum Gasteiger partial charge on any atom is -0.382 e. The van der Waals surface area contributed by atoms with Gasteiger partial charge in [0, 0.05) is 26.8 Å². The predicted octanol–water partition coefficient (Wildman–Crippen LogP) is 1.97. The van der Waals surface area contributed by atoms with Gasteiger partial charge in [0.05, 0.1) is 13.2 Å². The number of carbonyl (C=O) groups is 1. The zero-order valence-corrected chi connectivity index (χ0v) is 16.8. The summed E-state index contributed by atoms with van der Waals surface area (Å²) >= 11 is 0. The summed E-state index contributed by atoms with van der Waals surface area (Å²) in [7, 11) is -2.24. The Balaban J connectivity index is 2.16. The molecule has 0 unspecified atom stereocenters. The Hall–Kier alpha value is -1.90. The van der Waals surface area contributed by atoms with Crippen LogP contribution in [0.1, 0.15) is 31.7 Å². The molecule has 1 aromatic carbocycles. The third-order valence-corrected chi connectivity index (χ3v) is 6.05. The van der Waals surface area contributed by atoms with Crippen molar-refractivity contribution in [1.29, 1.82) is 0 Å². The summed E-state index contributed by atoms with van der Waals surface area (Å²) in [6, 6.07) is 8.75. The second-order valence-corrected chi connectivity index (χ2v) is 7.99. The van der Waals surface area contributed by atoms with E-state index in [1.165, 1.54) is 0 Å². The van der Waals surface area contributed by atoms with Crippen LogP contribution in [-0.4, -0.2) is 58.7 Å². The van der Waals surface area contributed by atoms with Crippen molar-refractivity contribution in [1.82, 2.24) is 9.62 Å². The molecule has 0 atom stereocenters. The van der Waals surface area contributed by atoms with Gasteiger partial charge < -0.3 is 14.8 Å². The number of ether oxygens (including phenoxy) is 2. The number of methoxy groups -OCH3 is 1. The smallest absolute Gasteiger partial charge is 0.285 e. The van der Waals surface area contributed by atoms with Gasteiger partial charge in [-0.2, -0.15) is 0 Å². The maximum Gasteiger partial charge on any atom is 0.285 e. The molecular formula is C19H28N2O5S. The van der Waals surface area contributed by atoms with Crippen LogP contribution >= 0.6 is 0 Å². The predicted molar refractivity (Wildman–Crippen MR) is 104 cm³/mol. The topological polar surface area (TPSA) is 84.9 Å². The molecule has 2 rings (SSSR count). The monoisotopic (exact) mass is 396 g/mol. The molecule has 0 spiro atoms. The van der Waals surface area contributed by atoms with Crippen LogP contribution in [0.2, 0.25) is 0 Å². The number of nitrogens with one attached hydrogen (secondary N) is 1. The number of rotatable bonds is 12. The van der Waals surface area contributed by atoms with Gasteiger partial charge in [-0.15, -0.1) is 0 Å². The molecule has 1 N–H and O–H groups in total. The molecule has 1 aliphatic rings. The molecule has 8 heteroatoms. The highest BCUT2D eigenvalue weighted by Crippen LogP contribution is 2.34. The van der Waals surface area contributed by atoms with Crippen molar-refractivity contribution >= 4 is 20.8 Å². The number of benzene rings is 1. The van der Waals surface area contributed by atoms with Gasteiger partial charge in [0.2, 0.25) is 0 Å². The number of unbranched alkanes of at least 4 members (excludes halogenated alkanes) is 1. The largest absolute Gasteiger partial charge is 0.382 e. The highest BCUT2D eigenvalue weighted by atomic mass is 32.2. The van der Waals surface area contributed by atoms with Gasteiger partial charge in [0.15, 0.2) is 0 Å². The first kappa shape index (κ1) is 21.4. The fourth-order valence-electron chi connectivity index (χ4n) is 2.76. The first-order valence-electron chi connectivity index (χ1n) is 9.21. The molecule has 1 aliphatic heterocycles. The number of carbonyl (C=O) groups excluding carboxylic acids is 1. The quantitative estimate of drug-likeness (QED) is 0.544. The summed E-state index contributed by atoms with van der Waals surface area (Å²) in [6.45, 7) is 4.14. The van der Waals surface area contributed by atoms with Gasteiger partial charge in [0.1, 0.15) is 10.6 Å². The standard InChI is InChI=1S/C19H28N2O5S/c1-3-4-12-21-19(22)17(20-11-8-13-26-15-14-25-2)18(27(21,23)24)16-9-6-5-7-10-16/h5-7,9-10,20H,3-4,8,11-15H2,1-2H3. The van der Waals surface area contributed by atoms with E-state index in [2.05, 4.69) is 5.32 Å². The van der Waals surface area contributed by atoms with Crippen LogP contribution in [0.3, 0.4) is 0 Å². The molecule has 1 amide bonds. The highest BCUT2D eigenvalue weighted by molar-refractivity contribution is 7.99. The molecule has 27 heavy (non-hydrogen) atoms. The number of sulfonamides is 1. The average Bonchev–Trinajstić information content (AvgIpc) is 2.85. The van der Waals surface area contributed by atoms with E-state index in [1.54, 1.807) is 31.4 Å². The molecule has 0 aromatic heterocycles. The summed E-state index contributed by atoms with van der Waals surface area (Å²) in [5.41, 5.74) is 0.665. The Morgan fingerprint density at radius 1 is 1.07 bits per heavy atom. The van der Waals surface area contributed by atoms with Crippen LogP contribution < -0.4 is 5.32 Å². The van der Waals surface area contributed by atoms with Crippen molar-refractivity contribution in [3.8, 4) is 0 Å². The first-order valence-corrected chi connectivity index (χ1v) is 10.6. The van der Waals surface area contributed by atoms with Crippen LogP contribution in [0, 0.1) is 0 Å². The van der Waals surface area contributed by atoms with Crippen molar-refractivity contribution in [2.75, 3.05) is 40.0 Å². The Morgan fingerprint density at radius 3 is 2.48 bits per heavy atom. The summed E-state index contributed by atoms with van der Waals surface area (Å²) < 4.78 is 37.3. The van der Waals surface area contributed by atoms with E-state index in [9.17, 15) is 13.2 Å². The van der Waals surface area contributed by atoms with E-state index in [4.69, 9.17) is 9.47 Å². The second-order valence-electron chi connectivity index (χ2n) is 6.19. The van der Waals surface area contributed by atoms with Crippen LogP contribution in [0.4, 0.5) is 0 Å². The number of hydrogen-bond donors (Lipinski definition) is 1. The van der Waals surface area contributed by atoms with Crippen LogP contribution in [0.15, 0.2) is 36.0 Å². The maximum absolute atomic E-state index is 13.0. The molecule has 0 fully saturated rings. The van der Waals surface area contributed by atoms with Crippen molar-refractivity contribution in [2.45, 2.75) is 26.2 Å². The lowest BCUT2D eigenvalue weighted by atomic mass is 10.2. The Morgan fingerprint density at radius 2 is 1.81 bits per heavy atom. The van der Waals surface area contributed by atoms with Crippen molar-refractivity contribution < 1.29 is 22.7 Å². The minimum absolute atomic E-state index is 0.0597. The van der Waals surface area contributed by atoms with E-state index >= 15 is 0 Å². The normalized spacial score (nSPS) is 16.2. The third-order valence-electron chi connectivity index (χ3n) is 4.17. The fraction of sp³-hybridized carbons (Fsp3) is 0.526. The van der Waals surface area contributed by atoms with E-state index in [-0.39, 0.29) is 17.1 Å². The first-order chi connectivity index (χ1) is 13.0. The van der Waals surface area contributed by atoms with Gasteiger partial charge in [-0.05, 0) is 18.4 Å². The molecule has 0 saturated heterocycles. The molecule has 0 saturated carbocycles. The lowest BCUT2D eigenvalue weighted by Gasteiger charge is -2.16. The summed E-state index contributed by atoms with van der Waals surface area (Å²) in [4.78, 5) is 12.9. The van der Waals surface area contributed by atoms with Gasteiger partial charge in [-0.3, -0.25) is 4.79 Å². The summed E-state index contributed by atoms with van der Waals surface area (Å²) in [6.07, 6.45) is 2.09. The molecule has 150 valence electrons. The van der Waals surface area contributed by atoms with Crippen LogP contribution in [0.25, 0.3) is 4.91 Å². The van der Waals surface area contributed by atoms with E-state index < -0.39 is 15.9 Å². The van der Waals surface area contributed by atoms with Crippen LogP contribution in [0.5, 0.6) is 0 Å². The summed E-state index contributed by atoms with van der Waals surface area (Å²) in [5.74, 6) is -0.484. The third kappa shape index (κ3) is 5.31. The molecule has 7 nitrogen and oxygen atoms in total. The van der Waals surface area contributed by atoms with Gasteiger partial charge in [-0.25, -0.2) is 12.7 Å². The molecule has 0 radical (unpaired) electrons. The zero-order chi connectivity index (χ0) is 19.7. The number of nitrogens with zero attached hydrogens (tertiary/aromatic N) is 1. The van der Waals surface area contributed by atoms with E-state index in [1.807, 2.05) is 13.0 Å². The highest BCUT2D eigenvalue weighted by Gasteiger charge is 2.43. The van der Waals surface area contributed by atoms with Gasteiger partial charge >= 0.3 is 0 Å². The second kappa shape index (κ2) is 10.4. The van der Waals surface area contributed by atoms with Crippen molar-refractivity contribution in [2.24, 2.45) is 0 Å². The number of hydrogen-bond acceptors (Lipinski definition) is 6. The Labute approximate surface area is 161 Å². The molecule has 1 aromatic rings. The number of amides is 1. The summed E-state index contributed by atoms with van der Waals surface area (Å²) in [5, 5.41) is 3.03. The molecule has 0 bridgehead atoms. The average molecular weight is 397 g/mol. The van der Waals surface area contributed by atoms with Crippen LogP contribution in [-0.2, 0) is 24.3 Å². The van der Waals surface area contributed by atoms with E-state index in [0.29, 0.717) is 44.8 Å². The Bertz CT molecular complexity index is 747. The molecule has 0 aliphatic carbocycles. The lowest BCUT2D eigenvalue weighted by Crippen LogP contribution is -2.34. The fourth-order valence-corrected chi connectivity index (χ4v) is 4.52. The Kier molecular flexibility index (Phi) is 8.27. The SMILES string of the molecule is CCCCN1C(=O)C(NCCCOCCOC)=C(c2ccccc2)S1(=O)=O. The van der Waals surface area contributed by atoms with Crippen molar-refractivity contribution in [3.63, 3.8) is 0 Å². The minimum atomic E-state index is -3.85. The molecular weight excluding hydrogens is 368 g/mol. The van der Waals surface area contributed by atoms with Crippen molar-refractivity contribution in [3.05, 3.63) is 41.6 Å². The lowest BCUT2D eigenvalue weighted by molar-refractivity contribution is -0.122.